The molecule has 0 aliphatic rings. The lowest BCUT2D eigenvalue weighted by molar-refractivity contribution is 0.688. The Labute approximate surface area is 66.6 Å². The van der Waals surface area contributed by atoms with E-state index in [9.17, 15) is 0 Å². The number of aliphatic imine (C=N–C) groups is 1. The normalized spacial score (nSPS) is 12.2. The van der Waals surface area contributed by atoms with Crippen LogP contribution in [0.15, 0.2) is 4.99 Å². The lowest BCUT2D eigenvalue weighted by Crippen LogP contribution is -1.97. The summed E-state index contributed by atoms with van der Waals surface area (Å²) < 4.78 is 0. The minimum atomic E-state index is 0.631. The molecule has 0 aromatic carbocycles. The molecule has 0 spiro atoms. The highest BCUT2D eigenvalue weighted by molar-refractivity contribution is 8.24. The van der Waals surface area contributed by atoms with Gasteiger partial charge in [0.15, 0.2) is 0 Å². The minimum absolute atomic E-state index is 0.631. The van der Waals surface area contributed by atoms with E-state index in [0.29, 0.717) is 5.92 Å². The van der Waals surface area contributed by atoms with Crippen LogP contribution >= 0.6 is 11.8 Å². The summed E-state index contributed by atoms with van der Waals surface area (Å²) in [5, 5.41) is 7.88. The molecule has 0 heterocycles. The Morgan fingerprint density at radius 3 is 2.60 bits per heavy atom. The van der Waals surface area contributed by atoms with Crippen LogP contribution in [0.4, 0.5) is 0 Å². The molecule has 0 fully saturated rings. The Kier molecular flexibility index (Phi) is 5.30. The Balaban J connectivity index is 3.73. The van der Waals surface area contributed by atoms with Crippen molar-refractivity contribution in [3.8, 4) is 0 Å². The zero-order chi connectivity index (χ0) is 7.98. The lowest BCUT2D eigenvalue weighted by Gasteiger charge is -2.03. The molecule has 0 aliphatic heterocycles. The van der Waals surface area contributed by atoms with Crippen LogP contribution in [0.1, 0.15) is 20.3 Å². The van der Waals surface area contributed by atoms with Crippen LogP contribution in [0.25, 0.3) is 0 Å². The first kappa shape index (κ1) is 9.69. The molecule has 0 aromatic rings. The molecular formula is C7H14N2S. The highest BCUT2D eigenvalue weighted by Gasteiger charge is 2.00. The number of hydrogen-bond donors (Lipinski definition) is 1. The molecule has 0 atom stereocenters. The van der Waals surface area contributed by atoms with Gasteiger partial charge in [0.25, 0.3) is 0 Å². The minimum Gasteiger partial charge on any atom is -0.301 e. The van der Waals surface area contributed by atoms with E-state index >= 15 is 0 Å². The summed E-state index contributed by atoms with van der Waals surface area (Å²) in [6, 6.07) is 0. The molecule has 0 amide bonds. The Bertz CT molecular complexity index is 130. The van der Waals surface area contributed by atoms with Crippen molar-refractivity contribution in [2.45, 2.75) is 20.3 Å². The smallest absolute Gasteiger partial charge is 0.0731 e. The molecule has 0 saturated carbocycles. The quantitative estimate of drug-likeness (QED) is 0.497. The van der Waals surface area contributed by atoms with Gasteiger partial charge in [0.1, 0.15) is 0 Å². The molecular weight excluding hydrogens is 144 g/mol. The molecule has 0 rings (SSSR count). The highest BCUT2D eigenvalue weighted by atomic mass is 32.2. The molecule has 0 aromatic heterocycles. The van der Waals surface area contributed by atoms with Crippen molar-refractivity contribution in [3.05, 3.63) is 0 Å². The SMILES string of the molecule is C/N=C(\CC(C)C)SC=N. The van der Waals surface area contributed by atoms with Gasteiger partial charge in [-0.25, -0.2) is 0 Å². The zero-order valence-electron chi connectivity index (χ0n) is 6.72. The number of nitrogens with zero attached hydrogens (tertiary/aromatic N) is 1. The van der Waals surface area contributed by atoms with Crippen LogP contribution in [0.5, 0.6) is 0 Å². The second-order valence-corrected chi connectivity index (χ2v) is 3.39. The maximum absolute atomic E-state index is 6.84. The fraction of sp³-hybridized carbons (Fsp3) is 0.714. The monoisotopic (exact) mass is 158 g/mol. The average molecular weight is 158 g/mol. The largest absolute Gasteiger partial charge is 0.301 e. The van der Waals surface area contributed by atoms with Gasteiger partial charge in [-0.3, -0.25) is 4.99 Å². The third-order valence-corrected chi connectivity index (χ3v) is 1.77. The summed E-state index contributed by atoms with van der Waals surface area (Å²) in [4.78, 5) is 4.05. The van der Waals surface area contributed by atoms with E-state index in [4.69, 9.17) is 5.41 Å². The van der Waals surface area contributed by atoms with E-state index in [1.165, 1.54) is 17.3 Å². The molecule has 58 valence electrons. The van der Waals surface area contributed by atoms with Crippen molar-refractivity contribution in [2.75, 3.05) is 7.05 Å². The predicted molar refractivity (Wildman–Crippen MR) is 49.2 cm³/mol. The fourth-order valence-electron chi connectivity index (χ4n) is 0.609. The molecule has 0 aliphatic carbocycles. The summed E-state index contributed by atoms with van der Waals surface area (Å²) in [5.41, 5.74) is 1.32. The van der Waals surface area contributed by atoms with Crippen LogP contribution in [-0.4, -0.2) is 17.6 Å². The Morgan fingerprint density at radius 1 is 1.70 bits per heavy atom. The van der Waals surface area contributed by atoms with Gasteiger partial charge in [0.2, 0.25) is 0 Å². The second-order valence-electron chi connectivity index (χ2n) is 2.45. The van der Waals surface area contributed by atoms with Gasteiger partial charge < -0.3 is 5.41 Å². The number of hydrogen-bond acceptors (Lipinski definition) is 3. The average Bonchev–Trinajstić information content (AvgIpc) is 1.86. The molecule has 3 heteroatoms. The van der Waals surface area contributed by atoms with Gasteiger partial charge >= 0.3 is 0 Å². The molecule has 10 heavy (non-hydrogen) atoms. The molecule has 2 nitrogen and oxygen atoms in total. The third kappa shape index (κ3) is 4.56. The number of nitrogens with one attached hydrogen (secondary N) is 1. The van der Waals surface area contributed by atoms with Gasteiger partial charge in [-0.05, 0) is 12.3 Å². The van der Waals surface area contributed by atoms with E-state index in [1.54, 1.807) is 7.05 Å². The fourth-order valence-corrected chi connectivity index (χ4v) is 1.28. The predicted octanol–water partition coefficient (Wildman–Crippen LogP) is 2.40. The van der Waals surface area contributed by atoms with Gasteiger partial charge in [-0.2, -0.15) is 0 Å². The van der Waals surface area contributed by atoms with E-state index in [1.807, 2.05) is 0 Å². The molecule has 1 N–H and O–H groups in total. The van der Waals surface area contributed by atoms with Crippen LogP contribution in [0.2, 0.25) is 0 Å². The zero-order valence-corrected chi connectivity index (χ0v) is 7.53. The van der Waals surface area contributed by atoms with Crippen molar-refractivity contribution in [3.63, 3.8) is 0 Å². The summed E-state index contributed by atoms with van der Waals surface area (Å²) in [7, 11) is 1.77. The Hall–Kier alpha value is -0.310. The first-order valence-corrected chi connectivity index (χ1v) is 4.20. The first-order chi connectivity index (χ1) is 4.70. The second kappa shape index (κ2) is 5.47. The van der Waals surface area contributed by atoms with Gasteiger partial charge in [0.05, 0.1) is 10.6 Å². The summed E-state index contributed by atoms with van der Waals surface area (Å²) >= 11 is 1.40. The summed E-state index contributed by atoms with van der Waals surface area (Å²) in [6.07, 6.45) is 0.983. The number of thioether (sulfide) groups is 1. The van der Waals surface area contributed by atoms with Crippen molar-refractivity contribution in [2.24, 2.45) is 10.9 Å². The van der Waals surface area contributed by atoms with Crippen LogP contribution in [0.3, 0.4) is 0 Å². The van der Waals surface area contributed by atoms with E-state index in [2.05, 4.69) is 18.8 Å². The third-order valence-electron chi connectivity index (χ3n) is 1.03. The van der Waals surface area contributed by atoms with Crippen molar-refractivity contribution >= 4 is 22.4 Å². The first-order valence-electron chi connectivity index (χ1n) is 3.32. The number of rotatable bonds is 3. The summed E-state index contributed by atoms with van der Waals surface area (Å²) in [6.45, 7) is 4.30. The van der Waals surface area contributed by atoms with Gasteiger partial charge in [-0.1, -0.05) is 25.6 Å². The van der Waals surface area contributed by atoms with E-state index < -0.39 is 0 Å². The van der Waals surface area contributed by atoms with E-state index in [0.717, 1.165) is 11.5 Å². The van der Waals surface area contributed by atoms with Crippen LogP contribution in [-0.2, 0) is 0 Å². The van der Waals surface area contributed by atoms with Crippen LogP contribution < -0.4 is 0 Å². The standard InChI is InChI=1S/C7H14N2S/c1-6(2)4-7(9-3)10-5-8/h5-6,8H,4H2,1-3H3/b8-5?,9-7+. The molecule has 0 bridgehead atoms. The topological polar surface area (TPSA) is 36.2 Å². The van der Waals surface area contributed by atoms with Crippen molar-refractivity contribution in [1.82, 2.24) is 0 Å². The van der Waals surface area contributed by atoms with Crippen molar-refractivity contribution < 1.29 is 0 Å². The van der Waals surface area contributed by atoms with Crippen molar-refractivity contribution in [1.29, 1.82) is 5.41 Å². The highest BCUT2D eigenvalue weighted by Crippen LogP contribution is 2.09. The molecule has 0 radical (unpaired) electrons. The molecule has 0 saturated heterocycles. The maximum atomic E-state index is 6.84. The van der Waals surface area contributed by atoms with Gasteiger partial charge in [-0.15, -0.1) is 0 Å². The van der Waals surface area contributed by atoms with Gasteiger partial charge in [0, 0.05) is 7.05 Å². The maximum Gasteiger partial charge on any atom is 0.0731 e. The Morgan fingerprint density at radius 2 is 2.30 bits per heavy atom. The lowest BCUT2D eigenvalue weighted by atomic mass is 10.1. The summed E-state index contributed by atoms with van der Waals surface area (Å²) in [5.74, 6) is 0.631. The van der Waals surface area contributed by atoms with Crippen LogP contribution in [0, 0.1) is 11.3 Å². The van der Waals surface area contributed by atoms with E-state index in [-0.39, 0.29) is 0 Å². The molecule has 0 unspecified atom stereocenters.